The van der Waals surface area contributed by atoms with Crippen molar-refractivity contribution in [2.45, 2.75) is 38.5 Å². The second kappa shape index (κ2) is 4.24. The van der Waals surface area contributed by atoms with Crippen molar-refractivity contribution in [2.75, 3.05) is 5.32 Å². The average Bonchev–Trinajstić information content (AvgIpc) is 2.40. The molecule has 1 aromatic rings. The third kappa shape index (κ3) is 1.83. The molecule has 5 rings (SSSR count). The summed E-state index contributed by atoms with van der Waals surface area (Å²) in [5, 5.41) is 12.8. The number of benzene rings is 1. The maximum atomic E-state index is 12.8. The van der Waals surface area contributed by atoms with Crippen LogP contribution in [0.2, 0.25) is 0 Å². The molecule has 0 aliphatic heterocycles. The monoisotopic (exact) mass is 271 g/mol. The molecule has 2 N–H and O–H groups in total. The van der Waals surface area contributed by atoms with Crippen molar-refractivity contribution in [1.29, 1.82) is 0 Å². The Morgan fingerprint density at radius 1 is 1.05 bits per heavy atom. The molecule has 20 heavy (non-hydrogen) atoms. The number of hydrogen-bond acceptors (Lipinski definition) is 2. The first-order chi connectivity index (χ1) is 9.64. The molecule has 3 nitrogen and oxygen atoms in total. The highest BCUT2D eigenvalue weighted by molar-refractivity contribution is 5.96. The molecule has 4 aliphatic carbocycles. The molecule has 0 aromatic heterocycles. The van der Waals surface area contributed by atoms with Crippen LogP contribution >= 0.6 is 0 Å². The maximum Gasteiger partial charge on any atom is 0.230 e. The Morgan fingerprint density at radius 2 is 1.60 bits per heavy atom. The highest BCUT2D eigenvalue weighted by atomic mass is 16.3. The molecule has 1 aromatic carbocycles. The molecule has 0 unspecified atom stereocenters. The van der Waals surface area contributed by atoms with Gasteiger partial charge in [0.05, 0.1) is 11.1 Å². The molecule has 0 radical (unpaired) electrons. The van der Waals surface area contributed by atoms with E-state index < -0.39 is 0 Å². The van der Waals surface area contributed by atoms with Gasteiger partial charge in [0, 0.05) is 0 Å². The van der Waals surface area contributed by atoms with Crippen LogP contribution in [0.5, 0.6) is 5.75 Å². The fraction of sp³-hybridized carbons (Fsp3) is 0.588. The molecule has 0 saturated heterocycles. The quantitative estimate of drug-likeness (QED) is 0.808. The molecule has 0 spiro atoms. The lowest BCUT2D eigenvalue weighted by atomic mass is 9.49. The topological polar surface area (TPSA) is 49.3 Å². The summed E-state index contributed by atoms with van der Waals surface area (Å²) >= 11 is 0. The SMILES string of the molecule is O=C(Nc1ccccc1O)C12CC3CC(CC(C3)C1)C2. The van der Waals surface area contributed by atoms with Crippen molar-refractivity contribution < 1.29 is 9.90 Å². The van der Waals surface area contributed by atoms with Crippen LogP contribution in [0.1, 0.15) is 38.5 Å². The molecule has 4 bridgehead atoms. The van der Waals surface area contributed by atoms with Gasteiger partial charge in [0.2, 0.25) is 5.91 Å². The average molecular weight is 271 g/mol. The molecule has 3 heteroatoms. The van der Waals surface area contributed by atoms with Gasteiger partial charge >= 0.3 is 0 Å². The number of aromatic hydroxyl groups is 1. The van der Waals surface area contributed by atoms with Gasteiger partial charge in [-0.2, -0.15) is 0 Å². The van der Waals surface area contributed by atoms with Gasteiger partial charge in [-0.25, -0.2) is 0 Å². The first kappa shape index (κ1) is 12.2. The number of hydrogen-bond donors (Lipinski definition) is 2. The molecular formula is C17H21NO2. The molecule has 4 saturated carbocycles. The Hall–Kier alpha value is -1.51. The number of amides is 1. The standard InChI is InChI=1S/C17H21NO2/c19-15-4-2-1-3-14(15)18-16(20)17-8-11-5-12(9-17)7-13(6-11)10-17/h1-4,11-13,19H,5-10H2,(H,18,20). The van der Waals surface area contributed by atoms with E-state index in [-0.39, 0.29) is 17.1 Å². The van der Waals surface area contributed by atoms with Crippen molar-refractivity contribution >= 4 is 11.6 Å². The zero-order chi connectivity index (χ0) is 13.7. The Labute approximate surface area is 119 Å². The Morgan fingerprint density at radius 3 is 2.15 bits per heavy atom. The fourth-order valence-electron chi connectivity index (χ4n) is 5.22. The van der Waals surface area contributed by atoms with Crippen LogP contribution in [-0.4, -0.2) is 11.0 Å². The van der Waals surface area contributed by atoms with Gasteiger partial charge in [-0.15, -0.1) is 0 Å². The van der Waals surface area contributed by atoms with Crippen LogP contribution in [0, 0.1) is 23.2 Å². The summed E-state index contributed by atoms with van der Waals surface area (Å²) in [5.74, 6) is 2.58. The summed E-state index contributed by atoms with van der Waals surface area (Å²) in [6, 6.07) is 7.01. The largest absolute Gasteiger partial charge is 0.506 e. The first-order valence-electron chi connectivity index (χ1n) is 7.74. The number of phenolic OH excluding ortho intramolecular Hbond substituents is 1. The summed E-state index contributed by atoms with van der Waals surface area (Å²) in [6.45, 7) is 0. The van der Waals surface area contributed by atoms with Gasteiger partial charge in [0.1, 0.15) is 5.75 Å². The van der Waals surface area contributed by atoms with Crippen LogP contribution in [0.25, 0.3) is 0 Å². The lowest BCUT2D eigenvalue weighted by Crippen LogP contribution is -2.51. The van der Waals surface area contributed by atoms with E-state index in [1.165, 1.54) is 19.3 Å². The third-order valence-corrected chi connectivity index (χ3v) is 5.67. The number of rotatable bonds is 2. The first-order valence-corrected chi connectivity index (χ1v) is 7.74. The summed E-state index contributed by atoms with van der Waals surface area (Å²) in [5.41, 5.74) is 0.394. The number of para-hydroxylation sites is 2. The van der Waals surface area contributed by atoms with Crippen molar-refractivity contribution in [3.63, 3.8) is 0 Å². The Balaban J connectivity index is 1.58. The zero-order valence-electron chi connectivity index (χ0n) is 11.6. The maximum absolute atomic E-state index is 12.8. The minimum Gasteiger partial charge on any atom is -0.506 e. The van der Waals surface area contributed by atoms with E-state index in [0.717, 1.165) is 37.0 Å². The molecular weight excluding hydrogens is 250 g/mol. The number of carbonyl (C=O) groups excluding carboxylic acids is 1. The summed E-state index contributed by atoms with van der Waals surface area (Å²) < 4.78 is 0. The lowest BCUT2D eigenvalue weighted by Gasteiger charge is -2.55. The lowest BCUT2D eigenvalue weighted by molar-refractivity contribution is -0.140. The molecule has 4 aliphatic rings. The summed E-state index contributed by atoms with van der Waals surface area (Å²) in [4.78, 5) is 12.8. The van der Waals surface area contributed by atoms with Crippen LogP contribution in [0.3, 0.4) is 0 Å². The van der Waals surface area contributed by atoms with Crippen molar-refractivity contribution in [3.8, 4) is 5.75 Å². The Bertz CT molecular complexity index is 516. The zero-order valence-corrected chi connectivity index (χ0v) is 11.6. The van der Waals surface area contributed by atoms with Gasteiger partial charge in [-0.1, -0.05) is 12.1 Å². The molecule has 0 atom stereocenters. The van der Waals surface area contributed by atoms with Crippen molar-refractivity contribution in [1.82, 2.24) is 0 Å². The van der Waals surface area contributed by atoms with Gasteiger partial charge in [0.15, 0.2) is 0 Å². The summed E-state index contributed by atoms with van der Waals surface area (Å²) in [6.07, 6.45) is 7.17. The summed E-state index contributed by atoms with van der Waals surface area (Å²) in [7, 11) is 0. The number of anilines is 1. The highest BCUT2D eigenvalue weighted by Crippen LogP contribution is 2.60. The molecule has 4 fully saturated rings. The van der Waals surface area contributed by atoms with Crippen LogP contribution < -0.4 is 5.32 Å². The minimum absolute atomic E-state index is 0.137. The van der Waals surface area contributed by atoms with E-state index in [2.05, 4.69) is 5.32 Å². The third-order valence-electron chi connectivity index (χ3n) is 5.67. The molecule has 1 amide bonds. The van der Waals surface area contributed by atoms with Gasteiger partial charge in [-0.05, 0) is 68.4 Å². The van der Waals surface area contributed by atoms with Crippen LogP contribution in [0.15, 0.2) is 24.3 Å². The smallest absolute Gasteiger partial charge is 0.230 e. The van der Waals surface area contributed by atoms with Crippen LogP contribution in [-0.2, 0) is 4.79 Å². The predicted molar refractivity (Wildman–Crippen MR) is 77.3 cm³/mol. The molecule has 106 valence electrons. The van der Waals surface area contributed by atoms with Gasteiger partial charge in [-0.3, -0.25) is 4.79 Å². The normalized spacial score (nSPS) is 37.9. The second-order valence-corrected chi connectivity index (χ2v) is 7.17. The van der Waals surface area contributed by atoms with E-state index in [1.54, 1.807) is 18.2 Å². The highest BCUT2D eigenvalue weighted by Gasteiger charge is 2.54. The van der Waals surface area contributed by atoms with Gasteiger partial charge < -0.3 is 10.4 Å². The van der Waals surface area contributed by atoms with E-state index in [9.17, 15) is 9.90 Å². The second-order valence-electron chi connectivity index (χ2n) is 7.17. The van der Waals surface area contributed by atoms with E-state index in [1.807, 2.05) is 6.07 Å². The van der Waals surface area contributed by atoms with E-state index >= 15 is 0 Å². The number of carbonyl (C=O) groups is 1. The van der Waals surface area contributed by atoms with Crippen LogP contribution in [0.4, 0.5) is 5.69 Å². The number of phenols is 1. The molecule has 0 heterocycles. The van der Waals surface area contributed by atoms with E-state index in [0.29, 0.717) is 5.69 Å². The minimum atomic E-state index is -0.156. The fourth-order valence-corrected chi connectivity index (χ4v) is 5.22. The predicted octanol–water partition coefficient (Wildman–Crippen LogP) is 3.55. The number of nitrogens with one attached hydrogen (secondary N) is 1. The van der Waals surface area contributed by atoms with Gasteiger partial charge in [0.25, 0.3) is 0 Å². The van der Waals surface area contributed by atoms with Crippen molar-refractivity contribution in [3.05, 3.63) is 24.3 Å². The van der Waals surface area contributed by atoms with E-state index in [4.69, 9.17) is 0 Å². The Kier molecular flexibility index (Phi) is 2.60. The van der Waals surface area contributed by atoms with Crippen molar-refractivity contribution in [2.24, 2.45) is 23.2 Å².